The van der Waals surface area contributed by atoms with Crippen molar-refractivity contribution < 1.29 is 0 Å². The quantitative estimate of drug-likeness (QED) is 0.150. The molecule has 0 spiro atoms. The zero-order valence-electron chi connectivity index (χ0n) is 33.2. The Morgan fingerprint density at radius 3 is 1.53 bits per heavy atom. The van der Waals surface area contributed by atoms with Crippen LogP contribution in [0.4, 0.5) is 34.1 Å². The third kappa shape index (κ3) is 5.79. The second-order valence-corrected chi connectivity index (χ2v) is 16.2. The van der Waals surface area contributed by atoms with Gasteiger partial charge in [-0.2, -0.15) is 0 Å². The number of rotatable bonds is 7. The predicted molar refractivity (Wildman–Crippen MR) is 251 cm³/mol. The minimum absolute atomic E-state index is 0.261. The lowest BCUT2D eigenvalue weighted by atomic mass is 9.79. The highest BCUT2D eigenvalue weighted by Gasteiger charge is 2.39. The molecule has 0 N–H and O–H groups in total. The fourth-order valence-electron chi connectivity index (χ4n) is 9.59. The zero-order chi connectivity index (χ0) is 39.5. The molecule has 0 aliphatic heterocycles. The van der Waals surface area contributed by atoms with E-state index in [9.17, 15) is 0 Å². The van der Waals surface area contributed by atoms with Gasteiger partial charge in [-0.15, -0.1) is 0 Å². The molecule has 2 heteroatoms. The van der Waals surface area contributed by atoms with E-state index < -0.39 is 0 Å². The number of hydrogen-bond acceptors (Lipinski definition) is 2. The molecular formula is C57H42N2. The van der Waals surface area contributed by atoms with Crippen LogP contribution in [0, 0.1) is 0 Å². The molecule has 0 bridgehead atoms. The molecule has 11 rings (SSSR count). The monoisotopic (exact) mass is 754 g/mol. The van der Waals surface area contributed by atoms with Gasteiger partial charge >= 0.3 is 0 Å². The molecule has 0 amide bonds. The van der Waals surface area contributed by atoms with E-state index in [-0.39, 0.29) is 5.41 Å². The molecule has 0 heterocycles. The standard InChI is InChI=1S/C57H42N2/c1-57(2)54-38-48(59(44-22-10-5-11-23-44)46-31-28-40-18-12-13-19-42(40)36-46)33-35-52(54)55-50-25-15-14-24-49(50)53-37-47(32-34-51(53)56(55)57)58(43-20-8-4-9-21-43)45-29-26-41(27-30-45)39-16-6-3-7-17-39/h3-38H,1-2H3. The minimum atomic E-state index is -0.261. The summed E-state index contributed by atoms with van der Waals surface area (Å²) in [5, 5.41) is 7.59. The topological polar surface area (TPSA) is 6.48 Å². The Balaban J connectivity index is 1.07. The van der Waals surface area contributed by atoms with E-state index in [1.165, 1.54) is 65.7 Å². The van der Waals surface area contributed by atoms with Crippen molar-refractivity contribution in [2.75, 3.05) is 9.80 Å². The van der Waals surface area contributed by atoms with Crippen molar-refractivity contribution in [2.24, 2.45) is 0 Å². The Bertz CT molecular complexity index is 3170. The van der Waals surface area contributed by atoms with Gasteiger partial charge in [0.2, 0.25) is 0 Å². The van der Waals surface area contributed by atoms with Gasteiger partial charge in [-0.05, 0) is 138 Å². The van der Waals surface area contributed by atoms with E-state index in [2.05, 4.69) is 242 Å². The Kier molecular flexibility index (Phi) is 8.20. The first-order valence-corrected chi connectivity index (χ1v) is 20.5. The van der Waals surface area contributed by atoms with Crippen LogP contribution >= 0.6 is 0 Å². The Morgan fingerprint density at radius 2 is 0.814 bits per heavy atom. The first-order chi connectivity index (χ1) is 29.0. The van der Waals surface area contributed by atoms with Crippen molar-refractivity contribution >= 4 is 66.4 Å². The van der Waals surface area contributed by atoms with E-state index >= 15 is 0 Å². The summed E-state index contributed by atoms with van der Waals surface area (Å²) >= 11 is 0. The molecule has 0 atom stereocenters. The van der Waals surface area contributed by atoms with Crippen LogP contribution < -0.4 is 9.80 Å². The summed E-state index contributed by atoms with van der Waals surface area (Å²) in [5.41, 5.74) is 14.4. The number of anilines is 6. The predicted octanol–water partition coefficient (Wildman–Crippen LogP) is 16.1. The van der Waals surface area contributed by atoms with Crippen molar-refractivity contribution in [1.29, 1.82) is 0 Å². The summed E-state index contributed by atoms with van der Waals surface area (Å²) in [4.78, 5) is 4.78. The average Bonchev–Trinajstić information content (AvgIpc) is 3.54. The van der Waals surface area contributed by atoms with Gasteiger partial charge < -0.3 is 9.80 Å². The molecule has 0 radical (unpaired) electrons. The van der Waals surface area contributed by atoms with Crippen LogP contribution in [0.25, 0.3) is 54.6 Å². The maximum atomic E-state index is 2.45. The van der Waals surface area contributed by atoms with Crippen molar-refractivity contribution in [3.63, 3.8) is 0 Å². The van der Waals surface area contributed by atoms with Crippen molar-refractivity contribution in [3.8, 4) is 22.3 Å². The molecule has 0 fully saturated rings. The number of benzene rings is 10. The van der Waals surface area contributed by atoms with Crippen molar-refractivity contribution in [3.05, 3.63) is 230 Å². The molecule has 0 saturated heterocycles. The molecule has 0 aromatic heterocycles. The van der Waals surface area contributed by atoms with E-state index in [4.69, 9.17) is 0 Å². The van der Waals surface area contributed by atoms with E-state index in [1.807, 2.05) is 0 Å². The number of fused-ring (bicyclic) bond motifs is 9. The second kappa shape index (κ2) is 13.9. The van der Waals surface area contributed by atoms with E-state index in [0.29, 0.717) is 0 Å². The van der Waals surface area contributed by atoms with Crippen LogP contribution in [-0.4, -0.2) is 0 Å². The Hall–Kier alpha value is -7.42. The summed E-state index contributed by atoms with van der Waals surface area (Å²) in [6.45, 7) is 4.83. The minimum Gasteiger partial charge on any atom is -0.310 e. The number of para-hydroxylation sites is 2. The SMILES string of the molecule is CC1(C)c2cc(N(c3ccccc3)c3ccc4ccccc4c3)ccc2-c2c1c1ccc(N(c3ccccc3)c3ccc(-c4ccccc4)cc3)cc1c1ccccc21. The molecular weight excluding hydrogens is 713 g/mol. The highest BCUT2D eigenvalue weighted by Crippen LogP contribution is 2.56. The van der Waals surface area contributed by atoms with Gasteiger partial charge in [0.05, 0.1) is 0 Å². The van der Waals surface area contributed by atoms with E-state index in [1.54, 1.807) is 0 Å². The van der Waals surface area contributed by atoms with Gasteiger partial charge in [0.25, 0.3) is 0 Å². The molecule has 10 aromatic carbocycles. The average molecular weight is 755 g/mol. The molecule has 1 aliphatic carbocycles. The third-order valence-corrected chi connectivity index (χ3v) is 12.3. The lowest BCUT2D eigenvalue weighted by Gasteiger charge is -2.29. The van der Waals surface area contributed by atoms with Crippen molar-refractivity contribution in [1.82, 2.24) is 0 Å². The van der Waals surface area contributed by atoms with Crippen LogP contribution in [0.5, 0.6) is 0 Å². The zero-order valence-corrected chi connectivity index (χ0v) is 33.2. The van der Waals surface area contributed by atoms with Crippen molar-refractivity contribution in [2.45, 2.75) is 19.3 Å². The lowest BCUT2D eigenvalue weighted by Crippen LogP contribution is -2.17. The molecule has 0 unspecified atom stereocenters. The maximum absolute atomic E-state index is 2.45. The highest BCUT2D eigenvalue weighted by molar-refractivity contribution is 6.19. The number of nitrogens with zero attached hydrogens (tertiary/aromatic N) is 2. The number of hydrogen-bond donors (Lipinski definition) is 0. The smallest absolute Gasteiger partial charge is 0.0468 e. The van der Waals surface area contributed by atoms with Gasteiger partial charge in [-0.3, -0.25) is 0 Å². The summed E-state index contributed by atoms with van der Waals surface area (Å²) in [7, 11) is 0. The lowest BCUT2D eigenvalue weighted by molar-refractivity contribution is 0.666. The first-order valence-electron chi connectivity index (χ1n) is 20.5. The van der Waals surface area contributed by atoms with Crippen LogP contribution in [0.1, 0.15) is 25.0 Å². The molecule has 0 saturated carbocycles. The van der Waals surface area contributed by atoms with Crippen LogP contribution in [0.3, 0.4) is 0 Å². The third-order valence-electron chi connectivity index (χ3n) is 12.3. The normalized spacial score (nSPS) is 12.7. The van der Waals surface area contributed by atoms with Crippen LogP contribution in [-0.2, 0) is 5.41 Å². The van der Waals surface area contributed by atoms with Gasteiger partial charge in [0.15, 0.2) is 0 Å². The summed E-state index contributed by atoms with van der Waals surface area (Å²) < 4.78 is 0. The van der Waals surface area contributed by atoms with Gasteiger partial charge in [0, 0.05) is 39.5 Å². The second-order valence-electron chi connectivity index (χ2n) is 16.2. The van der Waals surface area contributed by atoms with Gasteiger partial charge in [-0.25, -0.2) is 0 Å². The van der Waals surface area contributed by atoms with Gasteiger partial charge in [-0.1, -0.05) is 159 Å². The van der Waals surface area contributed by atoms with Crippen LogP contribution in [0.15, 0.2) is 218 Å². The molecule has 10 aromatic rings. The fourth-order valence-corrected chi connectivity index (χ4v) is 9.59. The van der Waals surface area contributed by atoms with Gasteiger partial charge in [0.1, 0.15) is 0 Å². The summed E-state index contributed by atoms with van der Waals surface area (Å²) in [6.07, 6.45) is 0. The van der Waals surface area contributed by atoms with E-state index in [0.717, 1.165) is 34.1 Å². The Morgan fingerprint density at radius 1 is 0.322 bits per heavy atom. The Labute approximate surface area is 345 Å². The maximum Gasteiger partial charge on any atom is 0.0468 e. The first kappa shape index (κ1) is 34.8. The summed E-state index contributed by atoms with van der Waals surface area (Å²) in [6, 6.07) is 79.7. The molecule has 280 valence electrons. The fraction of sp³-hybridized carbons (Fsp3) is 0.0526. The summed E-state index contributed by atoms with van der Waals surface area (Å²) in [5.74, 6) is 0. The molecule has 59 heavy (non-hydrogen) atoms. The molecule has 2 nitrogen and oxygen atoms in total. The highest BCUT2D eigenvalue weighted by atomic mass is 15.1. The van der Waals surface area contributed by atoms with Crippen LogP contribution in [0.2, 0.25) is 0 Å². The largest absolute Gasteiger partial charge is 0.310 e. The molecule has 1 aliphatic rings.